The van der Waals surface area contributed by atoms with E-state index >= 15 is 0 Å². The lowest BCUT2D eigenvalue weighted by atomic mass is 9.57. The standard InChI is InChI=1S/C49H30BNO2S/c1-29-18-19-30(25-43(29)51-41-14-6-2-10-34(41)35-11-3-7-15-42(35)51)31-21-23-40-46(27-31)53-47-28-33(24-39-38-13-5-9-17-48(38)54-50(40)49(39)47)32-20-22-37-36-12-4-8-16-44(36)52-45(37)26-32/h2-28H,1H3/i2D,3D,4D,5D,6D,7D,8D,9D,10D,11D,12D,13D,14D,15D,16D,17D,18D,19D,20D,21D,22D,23D,24D,25D,26D,27D,28D. The van der Waals surface area contributed by atoms with Crippen LogP contribution in [0.4, 0.5) is 0 Å². The number of hydrogen-bond acceptors (Lipinski definition) is 3. The minimum absolute atomic E-state index is 0.171. The molecule has 0 N–H and O–H groups in total. The molecule has 12 rings (SSSR count). The maximum absolute atomic E-state index is 9.90. The van der Waals surface area contributed by atoms with Crippen molar-refractivity contribution >= 4 is 72.3 Å². The monoisotopic (exact) mass is 734 g/mol. The summed E-state index contributed by atoms with van der Waals surface area (Å²) in [5.41, 5.74) is -6.45. The molecule has 8 aromatic carbocycles. The van der Waals surface area contributed by atoms with E-state index < -0.39 is 231 Å². The highest BCUT2D eigenvalue weighted by atomic mass is 32.2. The molecule has 0 saturated carbocycles. The van der Waals surface area contributed by atoms with Crippen LogP contribution in [0.25, 0.3) is 82.8 Å². The summed E-state index contributed by atoms with van der Waals surface area (Å²) in [6.07, 6.45) is 0. The molecule has 252 valence electrons. The van der Waals surface area contributed by atoms with Gasteiger partial charge < -0.3 is 13.7 Å². The fourth-order valence-electron chi connectivity index (χ4n) is 6.88. The van der Waals surface area contributed by atoms with E-state index in [1.165, 1.54) is 6.92 Å². The molecule has 0 spiro atoms. The van der Waals surface area contributed by atoms with Crippen molar-refractivity contribution < 1.29 is 46.2 Å². The maximum Gasteiger partial charge on any atom is 0.289 e. The second-order valence-corrected chi connectivity index (χ2v) is 13.4. The van der Waals surface area contributed by atoms with E-state index in [-0.39, 0.29) is 54.1 Å². The molecule has 0 fully saturated rings. The molecule has 0 amide bonds. The van der Waals surface area contributed by atoms with Crippen LogP contribution in [0.1, 0.15) is 42.6 Å². The SMILES string of the molecule is [2H]c1c([2H])c([2H])c2c(c1[2H])SB1c3c([2H])c([2H])c(-c4c([2H])c([2H])c(C)c(-n5c6c([2H])c([2H])c([2H])c([2H])c6c6c([2H])c([2H])c([2H])c([2H])c65)c4[2H])c([2H])c3Oc3c([2H])c(-c4c([2H])c([2H])c5c(oc6c([2H])c([2H])c([2H])c([2H])c65)c4[2H])c([2H])c-2c31. The van der Waals surface area contributed by atoms with Crippen LogP contribution in [0.3, 0.4) is 0 Å². The Hall–Kier alpha value is -6.43. The molecule has 0 atom stereocenters. The van der Waals surface area contributed by atoms with Crippen LogP contribution in [-0.4, -0.2) is 10.6 Å². The van der Waals surface area contributed by atoms with Gasteiger partial charge in [-0.3, -0.25) is 0 Å². The van der Waals surface area contributed by atoms with Crippen molar-refractivity contribution in [3.8, 4) is 50.6 Å². The number of fused-ring (bicyclic) bond motifs is 10. The zero-order valence-corrected chi connectivity index (χ0v) is 28.1. The number of hydrogen-bond donors (Lipinski definition) is 0. The second-order valence-electron chi connectivity index (χ2n) is 12.3. The van der Waals surface area contributed by atoms with E-state index in [4.69, 9.17) is 31.1 Å². The van der Waals surface area contributed by atoms with Gasteiger partial charge in [-0.05, 0) is 117 Å². The molecule has 4 heterocycles. The molecule has 54 heavy (non-hydrogen) atoms. The van der Waals surface area contributed by atoms with Crippen molar-refractivity contribution in [1.29, 1.82) is 0 Å². The third kappa shape index (κ3) is 4.33. The lowest BCUT2D eigenvalue weighted by Crippen LogP contribution is -2.46. The zero-order valence-electron chi connectivity index (χ0n) is 54.2. The van der Waals surface area contributed by atoms with Gasteiger partial charge in [0.1, 0.15) is 22.7 Å². The van der Waals surface area contributed by atoms with E-state index in [1.54, 1.807) is 0 Å². The summed E-state index contributed by atoms with van der Waals surface area (Å²) in [6, 6.07) is -20.3. The number of para-hydroxylation sites is 3. The van der Waals surface area contributed by atoms with Gasteiger partial charge in [0.05, 0.1) is 48.0 Å². The molecule has 0 aliphatic carbocycles. The smallest absolute Gasteiger partial charge is 0.289 e. The van der Waals surface area contributed by atoms with Gasteiger partial charge in [-0.1, -0.05) is 103 Å². The highest BCUT2D eigenvalue weighted by molar-refractivity contribution is 8.28. The minimum atomic E-state index is -1.46. The van der Waals surface area contributed by atoms with Crippen molar-refractivity contribution in [3.05, 3.63) is 169 Å². The van der Waals surface area contributed by atoms with E-state index in [9.17, 15) is 15.1 Å². The Morgan fingerprint density at radius 2 is 1.19 bits per heavy atom. The molecule has 2 aliphatic rings. The topological polar surface area (TPSA) is 27.3 Å². The number of nitrogens with zero attached hydrogens (tertiary/aromatic N) is 1. The highest BCUT2D eigenvalue weighted by Crippen LogP contribution is 2.46. The minimum Gasteiger partial charge on any atom is -0.458 e. The molecule has 2 aliphatic heterocycles. The summed E-state index contributed by atoms with van der Waals surface area (Å²) < 4.78 is 258. The molecule has 0 saturated heterocycles. The summed E-state index contributed by atoms with van der Waals surface area (Å²) in [6.45, 7) is 1.28. The van der Waals surface area contributed by atoms with Crippen molar-refractivity contribution in [2.75, 3.05) is 0 Å². The Balaban J connectivity index is 1.18. The summed E-state index contributed by atoms with van der Waals surface area (Å²) in [5.74, 6) is -2.66. The van der Waals surface area contributed by atoms with Crippen LogP contribution in [0.2, 0.25) is 0 Å². The van der Waals surface area contributed by atoms with Gasteiger partial charge in [0.25, 0.3) is 5.99 Å². The van der Waals surface area contributed by atoms with Crippen LogP contribution in [0.15, 0.2) is 172 Å². The fraction of sp³-hybridized carbons (Fsp3) is 0.0204. The summed E-state index contributed by atoms with van der Waals surface area (Å²) in [4.78, 5) is -0.212. The lowest BCUT2D eigenvalue weighted by molar-refractivity contribution is 0.488. The number of aromatic nitrogens is 1. The summed E-state index contributed by atoms with van der Waals surface area (Å²) >= 11 is 0.704. The highest BCUT2D eigenvalue weighted by Gasteiger charge is 2.39. The van der Waals surface area contributed by atoms with Crippen molar-refractivity contribution in [3.63, 3.8) is 0 Å². The Kier molecular flexibility index (Phi) is 2.95. The summed E-state index contributed by atoms with van der Waals surface area (Å²) in [5, 5.41) is -1.44. The number of rotatable bonds is 3. The van der Waals surface area contributed by atoms with Gasteiger partial charge in [-0.2, -0.15) is 11.6 Å². The number of ether oxygens (including phenoxy) is 1. The average Bonchev–Trinajstić information content (AvgIpc) is 2.69. The molecule has 3 nitrogen and oxygen atoms in total. The van der Waals surface area contributed by atoms with Gasteiger partial charge in [-0.15, -0.1) is 0 Å². The maximum atomic E-state index is 9.90. The van der Waals surface area contributed by atoms with Crippen molar-refractivity contribution in [2.45, 2.75) is 11.8 Å². The van der Waals surface area contributed by atoms with E-state index in [0.717, 1.165) is 4.57 Å². The predicted molar refractivity (Wildman–Crippen MR) is 226 cm³/mol. The third-order valence-electron chi connectivity index (χ3n) is 9.29. The first-order valence-corrected chi connectivity index (χ1v) is 17.1. The molecular formula is C49H30BNO2S. The third-order valence-corrected chi connectivity index (χ3v) is 10.5. The predicted octanol–water partition coefficient (Wildman–Crippen LogP) is 12.3. The second kappa shape index (κ2) is 11.3. The molecule has 2 aromatic heterocycles. The largest absolute Gasteiger partial charge is 0.458 e. The first kappa shape index (κ1) is 14.1. The molecule has 10 aromatic rings. The lowest BCUT2D eigenvalue weighted by Gasteiger charge is -2.33. The molecule has 0 radical (unpaired) electrons. The van der Waals surface area contributed by atoms with Crippen LogP contribution in [0.5, 0.6) is 11.5 Å². The Morgan fingerprint density at radius 3 is 2.04 bits per heavy atom. The van der Waals surface area contributed by atoms with Crippen molar-refractivity contribution in [2.24, 2.45) is 0 Å². The van der Waals surface area contributed by atoms with Gasteiger partial charge in [0, 0.05) is 32.1 Å². The van der Waals surface area contributed by atoms with E-state index in [0.29, 0.717) is 11.6 Å². The Bertz CT molecular complexity index is 4690. The van der Waals surface area contributed by atoms with E-state index in [1.807, 2.05) is 0 Å². The van der Waals surface area contributed by atoms with Crippen molar-refractivity contribution in [1.82, 2.24) is 4.57 Å². The Morgan fingerprint density at radius 1 is 0.537 bits per heavy atom. The van der Waals surface area contributed by atoms with Gasteiger partial charge >= 0.3 is 0 Å². The first-order chi connectivity index (χ1) is 37.9. The van der Waals surface area contributed by atoms with Crippen LogP contribution in [-0.2, 0) is 0 Å². The zero-order chi connectivity index (χ0) is 59.0. The summed E-state index contributed by atoms with van der Waals surface area (Å²) in [7, 11) is 0. The number of furan rings is 1. The molecule has 0 unspecified atom stereocenters. The van der Waals surface area contributed by atoms with E-state index in [2.05, 4.69) is 0 Å². The molecule has 5 heteroatoms. The molecule has 0 bridgehead atoms. The van der Waals surface area contributed by atoms with Gasteiger partial charge in [0.2, 0.25) is 0 Å². The van der Waals surface area contributed by atoms with Gasteiger partial charge in [0.15, 0.2) is 0 Å². The normalized spacial score (nSPS) is 19.9. The van der Waals surface area contributed by atoms with Crippen LogP contribution in [0, 0.1) is 6.92 Å². The van der Waals surface area contributed by atoms with Gasteiger partial charge in [-0.25, -0.2) is 0 Å². The molecular weight excluding hydrogens is 677 g/mol. The van der Waals surface area contributed by atoms with Crippen LogP contribution < -0.4 is 15.7 Å². The van der Waals surface area contributed by atoms with Crippen LogP contribution >= 0.6 is 11.6 Å². The average molecular weight is 735 g/mol. The quantitative estimate of drug-likeness (QED) is 0.169. The first-order valence-electron chi connectivity index (χ1n) is 29.8. The fourth-order valence-corrected chi connectivity index (χ4v) is 8.12. The number of benzene rings is 8. The Labute approximate surface area is 354 Å².